The van der Waals surface area contributed by atoms with E-state index in [4.69, 9.17) is 17.4 Å². The molecule has 2 bridgehead atoms. The van der Waals surface area contributed by atoms with Crippen LogP contribution in [0, 0.1) is 6.92 Å². The van der Waals surface area contributed by atoms with E-state index in [0.29, 0.717) is 5.41 Å². The van der Waals surface area contributed by atoms with Gasteiger partial charge in [-0.2, -0.15) is 0 Å². The predicted molar refractivity (Wildman–Crippen MR) is 61.8 cm³/mol. The van der Waals surface area contributed by atoms with Crippen LogP contribution < -0.4 is 11.3 Å². The zero-order valence-electron chi connectivity index (χ0n) is 8.81. The molecule has 0 atom stereocenters. The summed E-state index contributed by atoms with van der Waals surface area (Å²) in [6.07, 6.45) is 3.42. The van der Waals surface area contributed by atoms with Crippen molar-refractivity contribution in [3.8, 4) is 0 Å². The molecule has 0 unspecified atom stereocenters. The van der Waals surface area contributed by atoms with Crippen LogP contribution in [0.5, 0.6) is 0 Å². The van der Waals surface area contributed by atoms with Gasteiger partial charge < -0.3 is 0 Å². The van der Waals surface area contributed by atoms with Crippen LogP contribution in [-0.2, 0) is 5.41 Å². The van der Waals surface area contributed by atoms with Crippen LogP contribution in [0.2, 0.25) is 5.02 Å². The molecule has 3 fully saturated rings. The van der Waals surface area contributed by atoms with Crippen molar-refractivity contribution < 1.29 is 0 Å². The molecule has 0 heterocycles. The second kappa shape index (κ2) is 2.76. The number of aryl methyl sites for hydroxylation is 1. The molecule has 0 saturated heterocycles. The average molecular weight is 223 g/mol. The molecular formula is C12H15ClN2. The molecule has 1 aromatic carbocycles. The lowest BCUT2D eigenvalue weighted by atomic mass is 9.37. The Bertz CT molecular complexity index is 408. The normalized spacial score (nSPS) is 37.0. The highest BCUT2D eigenvalue weighted by molar-refractivity contribution is 6.31. The summed E-state index contributed by atoms with van der Waals surface area (Å²) in [4.78, 5) is 0. The topological polar surface area (TPSA) is 38.0 Å². The summed E-state index contributed by atoms with van der Waals surface area (Å²) in [7, 11) is 0. The van der Waals surface area contributed by atoms with Crippen molar-refractivity contribution in [3.63, 3.8) is 0 Å². The SMILES string of the molecule is Cc1ccc(Cl)c(C23CC(NN)(C2)C3)c1. The zero-order valence-corrected chi connectivity index (χ0v) is 9.56. The molecular weight excluding hydrogens is 208 g/mol. The number of nitrogens with one attached hydrogen (secondary N) is 1. The summed E-state index contributed by atoms with van der Waals surface area (Å²) in [6.45, 7) is 2.11. The number of hydrazine groups is 1. The Hall–Kier alpha value is -0.570. The van der Waals surface area contributed by atoms with Crippen molar-refractivity contribution in [2.75, 3.05) is 0 Å². The zero-order chi connectivity index (χ0) is 10.7. The highest BCUT2D eigenvalue weighted by Crippen LogP contribution is 2.68. The third-order valence-electron chi connectivity index (χ3n) is 4.03. The van der Waals surface area contributed by atoms with Gasteiger partial charge in [-0.05, 0) is 37.8 Å². The quantitative estimate of drug-likeness (QED) is 0.595. The molecule has 0 aliphatic heterocycles. The maximum atomic E-state index is 6.25. The van der Waals surface area contributed by atoms with Gasteiger partial charge in [0.05, 0.1) is 0 Å². The summed E-state index contributed by atoms with van der Waals surface area (Å²) in [5.41, 5.74) is 6.09. The fourth-order valence-corrected chi connectivity index (χ4v) is 3.59. The first-order chi connectivity index (χ1) is 7.09. The highest BCUT2D eigenvalue weighted by Gasteiger charge is 2.68. The van der Waals surface area contributed by atoms with Gasteiger partial charge in [-0.25, -0.2) is 0 Å². The lowest BCUT2D eigenvalue weighted by molar-refractivity contribution is -0.0882. The number of benzene rings is 1. The van der Waals surface area contributed by atoms with Crippen LogP contribution in [0.15, 0.2) is 18.2 Å². The molecule has 4 rings (SSSR count). The molecule has 0 aromatic heterocycles. The van der Waals surface area contributed by atoms with Gasteiger partial charge in [0.1, 0.15) is 0 Å². The molecule has 3 heteroatoms. The van der Waals surface area contributed by atoms with E-state index >= 15 is 0 Å². The lowest BCUT2D eigenvalue weighted by Gasteiger charge is -2.70. The maximum Gasteiger partial charge on any atom is 0.0443 e. The first kappa shape index (κ1) is 9.64. The number of hydrogen-bond acceptors (Lipinski definition) is 2. The van der Waals surface area contributed by atoms with Gasteiger partial charge in [0, 0.05) is 16.0 Å². The van der Waals surface area contributed by atoms with Gasteiger partial charge in [-0.15, -0.1) is 0 Å². The van der Waals surface area contributed by atoms with Crippen LogP contribution in [0.1, 0.15) is 30.4 Å². The Morgan fingerprint density at radius 2 is 2.00 bits per heavy atom. The molecule has 3 N–H and O–H groups in total. The largest absolute Gasteiger partial charge is 0.271 e. The Morgan fingerprint density at radius 1 is 1.33 bits per heavy atom. The average Bonchev–Trinajstić information content (AvgIpc) is 2.07. The summed E-state index contributed by atoms with van der Waals surface area (Å²) in [6, 6.07) is 6.30. The van der Waals surface area contributed by atoms with Crippen molar-refractivity contribution >= 4 is 11.6 Å². The Balaban J connectivity index is 1.93. The van der Waals surface area contributed by atoms with Gasteiger partial charge in [0.15, 0.2) is 0 Å². The molecule has 2 nitrogen and oxygen atoms in total. The molecule has 15 heavy (non-hydrogen) atoms. The standard InChI is InChI=1S/C12H15ClN2/c1-8-2-3-10(13)9(4-8)11-5-12(6-11,7-11)15-14/h2-4,15H,5-7,14H2,1H3. The first-order valence-corrected chi connectivity index (χ1v) is 5.71. The monoisotopic (exact) mass is 222 g/mol. The van der Waals surface area contributed by atoms with Crippen LogP contribution in [-0.4, -0.2) is 5.54 Å². The van der Waals surface area contributed by atoms with E-state index in [1.54, 1.807) is 0 Å². The Kier molecular flexibility index (Phi) is 1.77. The van der Waals surface area contributed by atoms with Gasteiger partial charge in [0.25, 0.3) is 0 Å². The van der Waals surface area contributed by atoms with Gasteiger partial charge in [-0.1, -0.05) is 29.3 Å². The summed E-state index contributed by atoms with van der Waals surface area (Å²) in [5, 5.41) is 0.908. The van der Waals surface area contributed by atoms with E-state index in [-0.39, 0.29) is 5.54 Å². The Morgan fingerprint density at radius 3 is 2.60 bits per heavy atom. The van der Waals surface area contributed by atoms with Crippen molar-refractivity contribution in [2.45, 2.75) is 37.1 Å². The van der Waals surface area contributed by atoms with E-state index in [1.807, 2.05) is 6.07 Å². The van der Waals surface area contributed by atoms with Crippen molar-refractivity contribution in [2.24, 2.45) is 5.84 Å². The van der Waals surface area contributed by atoms with E-state index in [9.17, 15) is 0 Å². The number of rotatable bonds is 2. The molecule has 80 valence electrons. The minimum Gasteiger partial charge on any atom is -0.271 e. The first-order valence-electron chi connectivity index (χ1n) is 5.34. The van der Waals surface area contributed by atoms with E-state index in [2.05, 4.69) is 24.5 Å². The Labute approximate surface area is 94.8 Å². The fraction of sp³-hybridized carbons (Fsp3) is 0.500. The van der Waals surface area contributed by atoms with E-state index in [0.717, 1.165) is 24.3 Å². The number of hydrogen-bond donors (Lipinski definition) is 2. The summed E-state index contributed by atoms with van der Waals surface area (Å²) in [5.74, 6) is 5.53. The maximum absolute atomic E-state index is 6.25. The fourth-order valence-electron chi connectivity index (χ4n) is 3.27. The van der Waals surface area contributed by atoms with Crippen molar-refractivity contribution in [1.82, 2.24) is 5.43 Å². The predicted octanol–water partition coefficient (Wildman–Crippen LogP) is 2.29. The molecule has 0 spiro atoms. The number of halogens is 1. The summed E-state index contributed by atoms with van der Waals surface area (Å²) < 4.78 is 0. The van der Waals surface area contributed by atoms with Crippen molar-refractivity contribution in [1.29, 1.82) is 0 Å². The van der Waals surface area contributed by atoms with Gasteiger partial charge in [-0.3, -0.25) is 11.3 Å². The van der Waals surface area contributed by atoms with E-state index < -0.39 is 0 Å². The lowest BCUT2D eigenvalue weighted by Crippen LogP contribution is -2.77. The molecule has 3 aliphatic rings. The third-order valence-corrected chi connectivity index (χ3v) is 4.36. The molecule has 3 aliphatic carbocycles. The minimum absolute atomic E-state index is 0.229. The van der Waals surface area contributed by atoms with Crippen LogP contribution in [0.25, 0.3) is 0 Å². The van der Waals surface area contributed by atoms with Crippen LogP contribution in [0.4, 0.5) is 0 Å². The third kappa shape index (κ3) is 1.13. The van der Waals surface area contributed by atoms with Crippen LogP contribution >= 0.6 is 11.6 Å². The number of nitrogens with two attached hydrogens (primary N) is 1. The molecule has 0 radical (unpaired) electrons. The second-order valence-electron chi connectivity index (χ2n) is 5.22. The van der Waals surface area contributed by atoms with E-state index in [1.165, 1.54) is 11.1 Å². The van der Waals surface area contributed by atoms with Gasteiger partial charge in [0.2, 0.25) is 0 Å². The second-order valence-corrected chi connectivity index (χ2v) is 5.63. The van der Waals surface area contributed by atoms with Crippen LogP contribution in [0.3, 0.4) is 0 Å². The molecule has 0 amide bonds. The smallest absolute Gasteiger partial charge is 0.0443 e. The molecule has 3 saturated carbocycles. The minimum atomic E-state index is 0.229. The van der Waals surface area contributed by atoms with Crippen molar-refractivity contribution in [3.05, 3.63) is 34.3 Å². The van der Waals surface area contributed by atoms with Gasteiger partial charge >= 0.3 is 0 Å². The molecule has 1 aromatic rings. The summed E-state index contributed by atoms with van der Waals surface area (Å²) >= 11 is 6.25. The highest BCUT2D eigenvalue weighted by atomic mass is 35.5.